The molecule has 0 aliphatic carbocycles. The highest BCUT2D eigenvalue weighted by Gasteiger charge is 2.52. The number of carboxylic acids is 1. The van der Waals surface area contributed by atoms with Gasteiger partial charge in [0.1, 0.15) is 11.4 Å². The minimum absolute atomic E-state index is 0.00768. The van der Waals surface area contributed by atoms with Crippen molar-refractivity contribution in [3.63, 3.8) is 0 Å². The van der Waals surface area contributed by atoms with Gasteiger partial charge in [0, 0.05) is 25.6 Å². The largest absolute Gasteiger partial charge is 0.534 e. The van der Waals surface area contributed by atoms with Crippen molar-refractivity contribution in [2.75, 3.05) is 20.1 Å². The number of halogens is 3. The van der Waals surface area contributed by atoms with Crippen LogP contribution in [0.1, 0.15) is 27.2 Å². The molecule has 0 aromatic rings. The van der Waals surface area contributed by atoms with Gasteiger partial charge in [-0.1, -0.05) is 0 Å². The Bertz CT molecular complexity index is 801. The average Bonchev–Trinajstić information content (AvgIpc) is 2.44. The Labute approximate surface area is 159 Å². The Morgan fingerprint density at radius 3 is 2.21 bits per heavy atom. The smallest absolute Gasteiger partial charge is 0.478 e. The molecule has 0 aromatic heterocycles. The topological polar surface area (TPSA) is 113 Å². The van der Waals surface area contributed by atoms with Crippen molar-refractivity contribution < 1.29 is 45.2 Å². The zero-order valence-corrected chi connectivity index (χ0v) is 16.4. The normalized spacial score (nSPS) is 24.2. The Morgan fingerprint density at radius 1 is 1.18 bits per heavy atom. The molecule has 2 heterocycles. The van der Waals surface area contributed by atoms with Crippen molar-refractivity contribution in [1.82, 2.24) is 9.80 Å². The van der Waals surface area contributed by atoms with Gasteiger partial charge < -0.3 is 18.9 Å². The third kappa shape index (κ3) is 4.51. The molecule has 0 saturated carbocycles. The quantitative estimate of drug-likeness (QED) is 0.530. The lowest BCUT2D eigenvalue weighted by Gasteiger charge is -2.48. The maximum absolute atomic E-state index is 12.6. The molecule has 1 N–H and O–H groups in total. The first kappa shape index (κ1) is 22.3. The molecule has 2 unspecified atom stereocenters. The second kappa shape index (κ2) is 7.10. The number of likely N-dealkylation sites (N-methyl/N-ethyl adjacent to an activating group) is 1. The summed E-state index contributed by atoms with van der Waals surface area (Å²) in [5.74, 6) is -2.41. The summed E-state index contributed by atoms with van der Waals surface area (Å²) in [5.41, 5.74) is -7.12. The lowest BCUT2D eigenvalue weighted by atomic mass is 9.90. The van der Waals surface area contributed by atoms with E-state index in [1.54, 1.807) is 32.7 Å². The van der Waals surface area contributed by atoms with E-state index in [2.05, 4.69) is 4.18 Å². The van der Waals surface area contributed by atoms with Gasteiger partial charge in [0.15, 0.2) is 0 Å². The summed E-state index contributed by atoms with van der Waals surface area (Å²) in [6.07, 6.45) is -1.13. The maximum Gasteiger partial charge on any atom is 0.534 e. The molecular formula is C15H21F3N2O7S. The predicted octanol–water partition coefficient (Wildman–Crippen LogP) is 1.51. The second-order valence-electron chi connectivity index (χ2n) is 7.55. The zero-order chi connectivity index (χ0) is 21.7. The number of aliphatic carboxylic acids is 1. The summed E-state index contributed by atoms with van der Waals surface area (Å²) in [6.45, 7) is 4.76. The van der Waals surface area contributed by atoms with Gasteiger partial charge in [-0.25, -0.2) is 9.59 Å². The van der Waals surface area contributed by atoms with E-state index in [1.807, 2.05) is 0 Å². The number of rotatable bonds is 3. The van der Waals surface area contributed by atoms with E-state index < -0.39 is 63.1 Å². The van der Waals surface area contributed by atoms with Crippen LogP contribution in [0.2, 0.25) is 0 Å². The second-order valence-corrected chi connectivity index (χ2v) is 9.09. The van der Waals surface area contributed by atoms with E-state index in [9.17, 15) is 36.3 Å². The minimum Gasteiger partial charge on any atom is -0.478 e. The first-order valence-corrected chi connectivity index (χ1v) is 9.61. The van der Waals surface area contributed by atoms with Crippen LogP contribution in [0, 0.1) is 0 Å². The number of alkyl halides is 3. The van der Waals surface area contributed by atoms with Crippen molar-refractivity contribution in [1.29, 1.82) is 0 Å². The number of hydrogen-bond donors (Lipinski definition) is 1. The highest BCUT2D eigenvalue weighted by molar-refractivity contribution is 7.87. The van der Waals surface area contributed by atoms with E-state index in [0.29, 0.717) is 0 Å². The third-order valence-electron chi connectivity index (χ3n) is 4.32. The number of carbonyl (C=O) groups is 2. The van der Waals surface area contributed by atoms with Gasteiger partial charge in [0.2, 0.25) is 0 Å². The van der Waals surface area contributed by atoms with Gasteiger partial charge in [0.05, 0.1) is 11.6 Å². The molecule has 1 saturated heterocycles. The first-order valence-electron chi connectivity index (χ1n) is 8.20. The molecule has 1 fully saturated rings. The number of ether oxygens (including phenoxy) is 1. The van der Waals surface area contributed by atoms with Crippen molar-refractivity contribution in [2.24, 2.45) is 0 Å². The number of nitrogens with zero attached hydrogens (tertiary/aromatic N) is 2. The van der Waals surface area contributed by atoms with Gasteiger partial charge in [-0.05, 0) is 27.8 Å². The van der Waals surface area contributed by atoms with Crippen molar-refractivity contribution in [3.8, 4) is 0 Å². The Kier molecular flexibility index (Phi) is 5.65. The number of carbonyl (C=O) groups excluding carboxylic acids is 1. The van der Waals surface area contributed by atoms with Crippen molar-refractivity contribution in [2.45, 2.75) is 50.4 Å². The fourth-order valence-electron chi connectivity index (χ4n) is 3.06. The lowest BCUT2D eigenvalue weighted by molar-refractivity contribution is -0.134. The monoisotopic (exact) mass is 430 g/mol. The number of hydrogen-bond acceptors (Lipinski definition) is 7. The number of piperazine rings is 1. The molecule has 2 atom stereocenters. The Morgan fingerprint density at radius 2 is 1.75 bits per heavy atom. The lowest BCUT2D eigenvalue weighted by Crippen LogP contribution is -2.62. The van der Waals surface area contributed by atoms with Crippen LogP contribution >= 0.6 is 0 Å². The summed E-state index contributed by atoms with van der Waals surface area (Å²) >= 11 is 0. The predicted molar refractivity (Wildman–Crippen MR) is 88.5 cm³/mol. The van der Waals surface area contributed by atoms with Gasteiger partial charge in [-0.3, -0.25) is 4.90 Å². The van der Waals surface area contributed by atoms with Gasteiger partial charge in [0.25, 0.3) is 0 Å². The standard InChI is InChI=1S/C15H21F3N2O7S/c1-14(2,3)26-13(23)20-6-8-5-10(27-28(24,25)15(16,17)18)11(12(21)22)9(7-20)19(8)4/h8-9H,5-7H2,1-4H3,(H,21,22). The number of fused-ring (bicyclic) bond motifs is 2. The fourth-order valence-corrected chi connectivity index (χ4v) is 3.58. The van der Waals surface area contributed by atoms with Gasteiger partial charge in [-0.2, -0.15) is 21.6 Å². The fraction of sp³-hybridized carbons (Fsp3) is 0.733. The summed E-state index contributed by atoms with van der Waals surface area (Å²) in [5, 5.41) is 9.47. The molecule has 2 bridgehead atoms. The van der Waals surface area contributed by atoms with E-state index >= 15 is 0 Å². The van der Waals surface area contributed by atoms with Crippen LogP contribution in [0.3, 0.4) is 0 Å². The van der Waals surface area contributed by atoms with E-state index in [-0.39, 0.29) is 13.1 Å². The summed E-state index contributed by atoms with van der Waals surface area (Å²) in [4.78, 5) is 26.8. The minimum atomic E-state index is -6.01. The molecule has 1 amide bonds. The number of amides is 1. The molecule has 2 aliphatic heterocycles. The van der Waals surface area contributed by atoms with Crippen molar-refractivity contribution in [3.05, 3.63) is 11.3 Å². The highest BCUT2D eigenvalue weighted by Crippen LogP contribution is 2.36. The highest BCUT2D eigenvalue weighted by atomic mass is 32.2. The molecule has 160 valence electrons. The van der Waals surface area contributed by atoms with Crippen LogP contribution in [0.5, 0.6) is 0 Å². The van der Waals surface area contributed by atoms with Gasteiger partial charge >= 0.3 is 27.7 Å². The molecule has 0 radical (unpaired) electrons. The molecule has 2 rings (SSSR count). The van der Waals surface area contributed by atoms with Crippen LogP contribution < -0.4 is 0 Å². The molecule has 2 aliphatic rings. The number of carboxylic acid groups (broad SMARTS) is 1. The Balaban J connectivity index is 2.38. The van der Waals surface area contributed by atoms with Crippen LogP contribution in [0.4, 0.5) is 18.0 Å². The zero-order valence-electron chi connectivity index (χ0n) is 15.6. The SMILES string of the molecule is CN1C2CC(OS(=O)(=O)C(F)(F)F)=C(C(=O)O)C1CN(C(=O)OC(C)(C)C)C2. The summed E-state index contributed by atoms with van der Waals surface area (Å²) < 4.78 is 70.0. The van der Waals surface area contributed by atoms with E-state index in [1.165, 1.54) is 4.90 Å². The summed E-state index contributed by atoms with van der Waals surface area (Å²) in [7, 11) is -4.47. The maximum atomic E-state index is 12.6. The van der Waals surface area contributed by atoms with Gasteiger partial charge in [-0.15, -0.1) is 0 Å². The first-order chi connectivity index (χ1) is 12.5. The Hall–Kier alpha value is -2.02. The van der Waals surface area contributed by atoms with Crippen LogP contribution in [-0.4, -0.2) is 78.7 Å². The molecular weight excluding hydrogens is 409 g/mol. The van der Waals surface area contributed by atoms with Crippen LogP contribution in [0.25, 0.3) is 0 Å². The van der Waals surface area contributed by atoms with Crippen LogP contribution in [0.15, 0.2) is 11.3 Å². The molecule has 13 heteroatoms. The average molecular weight is 430 g/mol. The molecule has 9 nitrogen and oxygen atoms in total. The van der Waals surface area contributed by atoms with E-state index in [4.69, 9.17) is 4.74 Å². The molecule has 0 aromatic carbocycles. The summed E-state index contributed by atoms with van der Waals surface area (Å²) in [6, 6.07) is -1.70. The van der Waals surface area contributed by atoms with E-state index in [0.717, 1.165) is 0 Å². The third-order valence-corrected chi connectivity index (χ3v) is 5.31. The van der Waals surface area contributed by atoms with Crippen molar-refractivity contribution >= 4 is 22.2 Å². The molecule has 0 spiro atoms. The van der Waals surface area contributed by atoms with Crippen LogP contribution in [-0.2, 0) is 23.8 Å². The molecule has 28 heavy (non-hydrogen) atoms.